The van der Waals surface area contributed by atoms with Crippen molar-refractivity contribution in [3.8, 4) is 0 Å². The van der Waals surface area contributed by atoms with Crippen LogP contribution in [-0.4, -0.2) is 29.8 Å². The normalized spacial score (nSPS) is 11.8. The summed E-state index contributed by atoms with van der Waals surface area (Å²) in [7, 11) is 0. The molecule has 1 aromatic carbocycles. The molecule has 0 saturated heterocycles. The first-order valence-electron chi connectivity index (χ1n) is 7.58. The van der Waals surface area contributed by atoms with E-state index >= 15 is 0 Å². The van der Waals surface area contributed by atoms with E-state index in [9.17, 15) is 14.4 Å². The van der Waals surface area contributed by atoms with Gasteiger partial charge in [0.2, 0.25) is 5.78 Å². The van der Waals surface area contributed by atoms with Gasteiger partial charge in [-0.15, -0.1) is 11.3 Å². The van der Waals surface area contributed by atoms with Crippen LogP contribution in [-0.2, 0) is 9.53 Å². The van der Waals surface area contributed by atoms with Crippen LogP contribution in [0.2, 0.25) is 0 Å². The number of thiophene rings is 1. The van der Waals surface area contributed by atoms with Crippen LogP contribution in [0.3, 0.4) is 0 Å². The number of carbonyl (C=O) groups is 3. The Hall–Kier alpha value is -2.47. The second-order valence-corrected chi connectivity index (χ2v) is 6.51. The number of benzene rings is 1. The number of hydrogen-bond donors (Lipinski definition) is 1. The average Bonchev–Trinajstić information content (AvgIpc) is 3.07. The SMILES string of the molecule is CC(C)NC(=O)C(C)OC(=O)c1ccccc1C(=O)c1cccs1. The van der Waals surface area contributed by atoms with Crippen molar-refractivity contribution in [2.75, 3.05) is 0 Å². The Morgan fingerprint density at radius 1 is 1.00 bits per heavy atom. The zero-order valence-electron chi connectivity index (χ0n) is 13.7. The van der Waals surface area contributed by atoms with Crippen molar-refractivity contribution >= 4 is 29.0 Å². The van der Waals surface area contributed by atoms with Crippen LogP contribution in [0.1, 0.15) is 46.4 Å². The highest BCUT2D eigenvalue weighted by Gasteiger charge is 2.23. The Balaban J connectivity index is 2.18. The van der Waals surface area contributed by atoms with Gasteiger partial charge in [0.05, 0.1) is 10.4 Å². The fourth-order valence-electron chi connectivity index (χ4n) is 2.08. The van der Waals surface area contributed by atoms with Gasteiger partial charge in [-0.3, -0.25) is 9.59 Å². The standard InChI is InChI=1S/C18H19NO4S/c1-11(2)19-17(21)12(3)23-18(22)14-8-5-4-7-13(14)16(20)15-9-6-10-24-15/h4-12H,1-3H3,(H,19,21). The fraction of sp³-hybridized carbons (Fsp3) is 0.278. The van der Waals surface area contributed by atoms with Gasteiger partial charge in [-0.05, 0) is 38.3 Å². The molecular formula is C18H19NO4S. The molecule has 0 spiro atoms. The molecule has 1 atom stereocenters. The van der Waals surface area contributed by atoms with Gasteiger partial charge < -0.3 is 10.1 Å². The Morgan fingerprint density at radius 3 is 2.25 bits per heavy atom. The summed E-state index contributed by atoms with van der Waals surface area (Å²) < 4.78 is 5.21. The van der Waals surface area contributed by atoms with Gasteiger partial charge in [0.1, 0.15) is 0 Å². The molecule has 6 heteroatoms. The van der Waals surface area contributed by atoms with Gasteiger partial charge in [-0.25, -0.2) is 4.79 Å². The van der Waals surface area contributed by atoms with Crippen molar-refractivity contribution in [2.45, 2.75) is 32.9 Å². The lowest BCUT2D eigenvalue weighted by atomic mass is 10.0. The van der Waals surface area contributed by atoms with E-state index in [-0.39, 0.29) is 28.9 Å². The largest absolute Gasteiger partial charge is 0.449 e. The van der Waals surface area contributed by atoms with E-state index in [0.29, 0.717) is 4.88 Å². The van der Waals surface area contributed by atoms with Gasteiger partial charge in [-0.1, -0.05) is 24.3 Å². The minimum Gasteiger partial charge on any atom is -0.449 e. The number of ether oxygens (including phenoxy) is 1. The van der Waals surface area contributed by atoms with Crippen LogP contribution >= 0.6 is 11.3 Å². The molecular weight excluding hydrogens is 326 g/mol. The molecule has 0 aliphatic rings. The minimum atomic E-state index is -0.940. The lowest BCUT2D eigenvalue weighted by Crippen LogP contribution is -2.39. The third-order valence-electron chi connectivity index (χ3n) is 3.22. The maximum atomic E-state index is 12.5. The van der Waals surface area contributed by atoms with Crippen molar-refractivity contribution in [3.63, 3.8) is 0 Å². The summed E-state index contributed by atoms with van der Waals surface area (Å²) in [5.41, 5.74) is 0.418. The second-order valence-electron chi connectivity index (χ2n) is 5.56. The van der Waals surface area contributed by atoms with Crippen LogP contribution in [0, 0.1) is 0 Å². The summed E-state index contributed by atoms with van der Waals surface area (Å²) in [6, 6.07) is 9.87. The molecule has 0 aliphatic carbocycles. The van der Waals surface area contributed by atoms with E-state index in [1.807, 2.05) is 13.8 Å². The first kappa shape index (κ1) is 17.9. The quantitative estimate of drug-likeness (QED) is 0.645. The number of ketones is 1. The first-order valence-corrected chi connectivity index (χ1v) is 8.46. The highest BCUT2D eigenvalue weighted by Crippen LogP contribution is 2.19. The van der Waals surface area contributed by atoms with Crippen molar-refractivity contribution in [2.24, 2.45) is 0 Å². The molecule has 2 rings (SSSR count). The van der Waals surface area contributed by atoms with Crippen LogP contribution < -0.4 is 5.32 Å². The van der Waals surface area contributed by atoms with Crippen molar-refractivity contribution in [1.29, 1.82) is 0 Å². The number of esters is 1. The Labute approximate surface area is 144 Å². The Kier molecular flexibility index (Phi) is 5.87. The number of amides is 1. The predicted octanol–water partition coefficient (Wildman–Crippen LogP) is 3.05. The topological polar surface area (TPSA) is 72.5 Å². The van der Waals surface area contributed by atoms with Crippen LogP contribution in [0.4, 0.5) is 0 Å². The van der Waals surface area contributed by atoms with Gasteiger partial charge in [0.25, 0.3) is 5.91 Å². The third kappa shape index (κ3) is 4.29. The summed E-state index contributed by atoms with van der Waals surface area (Å²) in [6.45, 7) is 5.14. The van der Waals surface area contributed by atoms with Gasteiger partial charge in [0.15, 0.2) is 6.10 Å². The molecule has 0 bridgehead atoms. The molecule has 2 aromatic rings. The summed E-state index contributed by atoms with van der Waals surface area (Å²) in [4.78, 5) is 37.3. The number of rotatable bonds is 6. The monoisotopic (exact) mass is 345 g/mol. The second kappa shape index (κ2) is 7.88. The van der Waals surface area contributed by atoms with E-state index < -0.39 is 12.1 Å². The molecule has 1 heterocycles. The summed E-state index contributed by atoms with van der Waals surface area (Å²) in [5.74, 6) is -1.31. The number of carbonyl (C=O) groups excluding carboxylic acids is 3. The highest BCUT2D eigenvalue weighted by molar-refractivity contribution is 7.12. The molecule has 0 aliphatic heterocycles. The van der Waals surface area contributed by atoms with E-state index in [4.69, 9.17) is 4.74 Å². The van der Waals surface area contributed by atoms with Crippen molar-refractivity contribution < 1.29 is 19.1 Å². The van der Waals surface area contributed by atoms with Gasteiger partial charge in [0, 0.05) is 11.6 Å². The summed E-state index contributed by atoms with van der Waals surface area (Å²) >= 11 is 1.31. The Morgan fingerprint density at radius 2 is 1.67 bits per heavy atom. The summed E-state index contributed by atoms with van der Waals surface area (Å²) in [6.07, 6.45) is -0.940. The maximum absolute atomic E-state index is 12.5. The lowest BCUT2D eigenvalue weighted by Gasteiger charge is -2.16. The zero-order chi connectivity index (χ0) is 17.7. The van der Waals surface area contributed by atoms with Crippen LogP contribution in [0.5, 0.6) is 0 Å². The first-order chi connectivity index (χ1) is 11.4. The van der Waals surface area contributed by atoms with E-state index in [0.717, 1.165) is 0 Å². The molecule has 5 nitrogen and oxygen atoms in total. The number of nitrogens with one attached hydrogen (secondary N) is 1. The van der Waals surface area contributed by atoms with E-state index in [1.54, 1.807) is 35.7 Å². The highest BCUT2D eigenvalue weighted by atomic mass is 32.1. The van der Waals surface area contributed by atoms with E-state index in [2.05, 4.69) is 5.32 Å². The van der Waals surface area contributed by atoms with Gasteiger partial charge >= 0.3 is 5.97 Å². The molecule has 0 saturated carbocycles. The molecule has 24 heavy (non-hydrogen) atoms. The van der Waals surface area contributed by atoms with Gasteiger partial charge in [-0.2, -0.15) is 0 Å². The number of hydrogen-bond acceptors (Lipinski definition) is 5. The zero-order valence-corrected chi connectivity index (χ0v) is 14.6. The molecule has 1 aromatic heterocycles. The summed E-state index contributed by atoms with van der Waals surface area (Å²) in [5, 5.41) is 4.48. The molecule has 1 unspecified atom stereocenters. The van der Waals surface area contributed by atoms with E-state index in [1.165, 1.54) is 24.3 Å². The predicted molar refractivity (Wildman–Crippen MR) is 92.3 cm³/mol. The van der Waals surface area contributed by atoms with Crippen LogP contribution in [0.25, 0.3) is 0 Å². The van der Waals surface area contributed by atoms with Crippen molar-refractivity contribution in [3.05, 3.63) is 57.8 Å². The van der Waals surface area contributed by atoms with Crippen molar-refractivity contribution in [1.82, 2.24) is 5.32 Å². The lowest BCUT2D eigenvalue weighted by molar-refractivity contribution is -0.129. The minimum absolute atomic E-state index is 0.0497. The third-order valence-corrected chi connectivity index (χ3v) is 4.09. The maximum Gasteiger partial charge on any atom is 0.339 e. The average molecular weight is 345 g/mol. The molecule has 1 amide bonds. The fourth-order valence-corrected chi connectivity index (χ4v) is 2.76. The molecule has 0 fully saturated rings. The van der Waals surface area contributed by atoms with Crippen LogP contribution in [0.15, 0.2) is 41.8 Å². The Bertz CT molecular complexity index is 737. The molecule has 1 N–H and O–H groups in total. The molecule has 0 radical (unpaired) electrons. The molecule has 126 valence electrons. The smallest absolute Gasteiger partial charge is 0.339 e.